The molecule has 0 fully saturated rings. The van der Waals surface area contributed by atoms with Crippen LogP contribution >= 0.6 is 0 Å². The summed E-state index contributed by atoms with van der Waals surface area (Å²) in [7, 11) is 0. The molecule has 9 nitrogen and oxygen atoms in total. The maximum absolute atomic E-state index is 13.4. The first-order valence-corrected chi connectivity index (χ1v) is 14.7. The molecular weight excluding hydrogens is 569 g/mol. The molecule has 0 saturated carbocycles. The predicted molar refractivity (Wildman–Crippen MR) is 141 cm³/mol. The molecule has 36 heavy (non-hydrogen) atoms. The molecular formula is C26H39N3O6Sn. The molecule has 0 aliphatic heterocycles. The molecule has 1 heterocycles. The van der Waals surface area contributed by atoms with Crippen molar-refractivity contribution in [2.45, 2.75) is 103 Å². The third-order valence-electron chi connectivity index (χ3n) is 4.08. The summed E-state index contributed by atoms with van der Waals surface area (Å²) >= 11 is -0.992. The first kappa shape index (κ1) is 29.9. The Morgan fingerprint density at radius 3 is 1.67 bits per heavy atom. The monoisotopic (exact) mass is 609 g/mol. The van der Waals surface area contributed by atoms with Crippen LogP contribution in [-0.4, -0.2) is 65.8 Å². The summed E-state index contributed by atoms with van der Waals surface area (Å²) in [5, 5.41) is 0. The van der Waals surface area contributed by atoms with Gasteiger partial charge in [0.25, 0.3) is 0 Å². The van der Waals surface area contributed by atoms with Crippen LogP contribution in [0.15, 0.2) is 18.2 Å². The zero-order valence-corrected chi connectivity index (χ0v) is 26.4. The number of fused-ring (bicyclic) bond motifs is 1. The van der Waals surface area contributed by atoms with E-state index < -0.39 is 56.2 Å². The van der Waals surface area contributed by atoms with E-state index in [4.69, 9.17) is 14.2 Å². The second-order valence-corrected chi connectivity index (χ2v) is 19.2. The fourth-order valence-electron chi connectivity index (χ4n) is 3.07. The molecule has 0 aliphatic carbocycles. The number of amides is 2. The number of carbonyl (C=O) groups excluding carboxylic acids is 3. The van der Waals surface area contributed by atoms with Crippen molar-refractivity contribution < 1.29 is 28.6 Å². The van der Waals surface area contributed by atoms with Gasteiger partial charge in [0.15, 0.2) is 0 Å². The molecule has 10 heteroatoms. The Labute approximate surface area is 224 Å². The quantitative estimate of drug-likeness (QED) is 0.303. The molecule has 0 N–H and O–H groups in total. The van der Waals surface area contributed by atoms with Crippen LogP contribution in [0, 0.1) is 0 Å². The first-order chi connectivity index (χ1) is 16.1. The summed E-state index contributed by atoms with van der Waals surface area (Å²) in [6.45, 7) is 21.9. The van der Waals surface area contributed by atoms with Gasteiger partial charge in [-0.3, -0.25) is 0 Å². The number of imidazole rings is 1. The molecule has 0 aliphatic rings. The van der Waals surface area contributed by atoms with Crippen LogP contribution in [0.3, 0.4) is 0 Å². The van der Waals surface area contributed by atoms with E-state index in [1.807, 2.05) is 12.1 Å². The Balaban J connectivity index is 2.80. The standard InChI is InChI=1S/C22H30N3O6.C4H9.Sn/c1-20(2,3)29-17(26)24-15-13-11-10-12-14(15)23-16(24)25(18(27)30-21(4,5)6)19(28)31-22(7,8)9;1-4(2)3;/h11-13H,1-9H3;1-3H3;. The fourth-order valence-corrected chi connectivity index (χ4v) is 6.61. The Morgan fingerprint density at radius 2 is 1.25 bits per heavy atom. The topological polar surface area (TPSA) is 100.0 Å². The number of carbonyl (C=O) groups is 3. The fraction of sp³-hybridized carbons (Fsp3) is 0.615. The average Bonchev–Trinajstić information content (AvgIpc) is 2.93. The number of rotatable bonds is 2. The molecule has 2 radical (unpaired) electrons. The third-order valence-corrected chi connectivity index (χ3v) is 7.94. The van der Waals surface area contributed by atoms with Crippen molar-refractivity contribution in [3.63, 3.8) is 0 Å². The van der Waals surface area contributed by atoms with Crippen molar-refractivity contribution in [2.75, 3.05) is 4.90 Å². The molecule has 1 aromatic carbocycles. The van der Waals surface area contributed by atoms with Gasteiger partial charge in [-0.2, -0.15) is 0 Å². The van der Waals surface area contributed by atoms with Crippen molar-refractivity contribution in [2.24, 2.45) is 0 Å². The third kappa shape index (κ3) is 8.67. The Bertz CT molecular complexity index is 1120. The number of imide groups is 1. The summed E-state index contributed by atoms with van der Waals surface area (Å²) in [5.41, 5.74) is -1.77. The molecule has 2 rings (SSSR count). The predicted octanol–water partition coefficient (Wildman–Crippen LogP) is 6.04. The van der Waals surface area contributed by atoms with Crippen molar-refractivity contribution in [3.05, 3.63) is 18.2 Å². The van der Waals surface area contributed by atoms with Crippen LogP contribution < -0.4 is 8.48 Å². The summed E-state index contributed by atoms with van der Waals surface area (Å²) in [6.07, 6.45) is -2.80. The number of anilines is 1. The Kier molecular flexibility index (Phi) is 8.50. The molecule has 2 aromatic rings. The van der Waals surface area contributed by atoms with Crippen LogP contribution in [0.25, 0.3) is 11.0 Å². The molecule has 1 aromatic heterocycles. The molecule has 0 unspecified atom stereocenters. The molecule has 0 atom stereocenters. The van der Waals surface area contributed by atoms with E-state index in [0.29, 0.717) is 15.9 Å². The van der Waals surface area contributed by atoms with Crippen molar-refractivity contribution in [1.29, 1.82) is 0 Å². The summed E-state index contributed by atoms with van der Waals surface area (Å²) in [5.74, 6) is -0.249. The van der Waals surface area contributed by atoms with Crippen molar-refractivity contribution in [3.8, 4) is 0 Å². The number of hydrogen-bond donors (Lipinski definition) is 0. The van der Waals surface area contributed by atoms with E-state index in [-0.39, 0.29) is 9.38 Å². The van der Waals surface area contributed by atoms with Crippen molar-refractivity contribution in [1.82, 2.24) is 9.55 Å². The van der Waals surface area contributed by atoms with Crippen LogP contribution in [0.5, 0.6) is 0 Å². The van der Waals surface area contributed by atoms with Crippen LogP contribution in [0.1, 0.15) is 83.1 Å². The van der Waals surface area contributed by atoms with Gasteiger partial charge in [-0.15, -0.1) is 0 Å². The molecule has 0 saturated heterocycles. The second kappa shape index (κ2) is 10.2. The number of benzene rings is 1. The van der Waals surface area contributed by atoms with Gasteiger partial charge >= 0.3 is 225 Å². The van der Waals surface area contributed by atoms with Crippen molar-refractivity contribution >= 4 is 60.0 Å². The van der Waals surface area contributed by atoms with Gasteiger partial charge in [-0.05, 0) is 0 Å². The van der Waals surface area contributed by atoms with Gasteiger partial charge in [0, 0.05) is 0 Å². The van der Waals surface area contributed by atoms with E-state index in [9.17, 15) is 14.4 Å². The normalized spacial score (nSPS) is 12.9. The number of hydrogen-bond acceptors (Lipinski definition) is 7. The van der Waals surface area contributed by atoms with Gasteiger partial charge in [0.2, 0.25) is 0 Å². The van der Waals surface area contributed by atoms with E-state index in [1.165, 1.54) is 3.58 Å². The van der Waals surface area contributed by atoms with E-state index in [2.05, 4.69) is 25.8 Å². The Hall–Kier alpha value is -2.30. The first-order valence-electron chi connectivity index (χ1n) is 11.9. The summed E-state index contributed by atoms with van der Waals surface area (Å²) in [4.78, 5) is 45.2. The van der Waals surface area contributed by atoms with Gasteiger partial charge < -0.3 is 0 Å². The number of aromatic nitrogens is 2. The summed E-state index contributed by atoms with van der Waals surface area (Å²) < 4.78 is 19.1. The zero-order chi connectivity index (χ0) is 27.9. The zero-order valence-electron chi connectivity index (χ0n) is 23.5. The van der Waals surface area contributed by atoms with E-state index in [1.54, 1.807) is 68.4 Å². The van der Waals surface area contributed by atoms with E-state index >= 15 is 0 Å². The SMILES string of the molecule is CC(C)(C)OC(=O)N(C(=O)OC(C)(C)C)c1nc2c[c]([Sn][C](C)(C)C)ccc2n1C(=O)OC(C)(C)C. The Morgan fingerprint density at radius 1 is 0.778 bits per heavy atom. The van der Waals surface area contributed by atoms with Crippen LogP contribution in [0.2, 0.25) is 3.43 Å². The molecule has 0 spiro atoms. The van der Waals surface area contributed by atoms with E-state index in [0.717, 1.165) is 4.57 Å². The van der Waals surface area contributed by atoms with Crippen LogP contribution in [-0.2, 0) is 14.2 Å². The van der Waals surface area contributed by atoms with Gasteiger partial charge in [-0.1, -0.05) is 0 Å². The summed E-state index contributed by atoms with van der Waals surface area (Å²) in [6, 6.07) is 5.66. The number of nitrogens with zero attached hydrogens (tertiary/aromatic N) is 3. The molecule has 0 bridgehead atoms. The molecule has 2 amide bonds. The second-order valence-electron chi connectivity index (χ2n) is 12.6. The minimum atomic E-state index is -1.01. The van der Waals surface area contributed by atoms with Gasteiger partial charge in [-0.25, -0.2) is 0 Å². The van der Waals surface area contributed by atoms with Crippen LogP contribution in [0.4, 0.5) is 20.3 Å². The number of ether oxygens (including phenoxy) is 3. The van der Waals surface area contributed by atoms with Gasteiger partial charge in [0.1, 0.15) is 0 Å². The maximum atomic E-state index is 13.4. The average molecular weight is 608 g/mol. The van der Waals surface area contributed by atoms with Gasteiger partial charge in [0.05, 0.1) is 0 Å². The molecule has 198 valence electrons. The minimum absolute atomic E-state index is 0.187.